The number of hydrogen-bond acceptors (Lipinski definition) is 3. The molecule has 22 heavy (non-hydrogen) atoms. The summed E-state index contributed by atoms with van der Waals surface area (Å²) in [4.78, 5) is 14.8. The van der Waals surface area contributed by atoms with Crippen LogP contribution in [0.5, 0.6) is 0 Å². The van der Waals surface area contributed by atoms with Gasteiger partial charge in [-0.1, -0.05) is 58.0 Å². The SMILES string of the molecule is CC[C@H]1[C@@H](C)[C@@H](C)[C@H](C)[C@H](C(=O)OC)N1Cc1ccccc1. The number of piperidine rings is 1. The average molecular weight is 303 g/mol. The van der Waals surface area contributed by atoms with Crippen LogP contribution in [0.4, 0.5) is 0 Å². The number of likely N-dealkylation sites (tertiary alicyclic amines) is 1. The second-order valence-electron chi connectivity index (χ2n) is 6.68. The molecule has 1 aromatic carbocycles. The van der Waals surface area contributed by atoms with Gasteiger partial charge in [0.05, 0.1) is 7.11 Å². The van der Waals surface area contributed by atoms with Gasteiger partial charge in [0.2, 0.25) is 0 Å². The van der Waals surface area contributed by atoms with Gasteiger partial charge in [-0.3, -0.25) is 9.69 Å². The molecule has 3 heteroatoms. The second kappa shape index (κ2) is 7.28. The molecule has 1 fully saturated rings. The quantitative estimate of drug-likeness (QED) is 0.794. The van der Waals surface area contributed by atoms with E-state index in [-0.39, 0.29) is 12.0 Å². The van der Waals surface area contributed by atoms with E-state index in [1.54, 1.807) is 0 Å². The molecular formula is C19H29NO2. The van der Waals surface area contributed by atoms with Gasteiger partial charge in [-0.05, 0) is 29.7 Å². The summed E-state index contributed by atoms with van der Waals surface area (Å²) in [6.07, 6.45) is 1.05. The lowest BCUT2D eigenvalue weighted by atomic mass is 9.71. The largest absolute Gasteiger partial charge is 0.468 e. The van der Waals surface area contributed by atoms with Gasteiger partial charge in [-0.2, -0.15) is 0 Å². The van der Waals surface area contributed by atoms with E-state index in [0.717, 1.165) is 13.0 Å². The van der Waals surface area contributed by atoms with Crippen LogP contribution in [-0.4, -0.2) is 30.1 Å². The molecule has 2 rings (SSSR count). The highest BCUT2D eigenvalue weighted by Gasteiger charge is 2.46. The summed E-state index contributed by atoms with van der Waals surface area (Å²) in [6.45, 7) is 9.80. The molecule has 0 radical (unpaired) electrons. The summed E-state index contributed by atoms with van der Waals surface area (Å²) in [5.74, 6) is 1.29. The molecule has 0 unspecified atom stereocenters. The van der Waals surface area contributed by atoms with Crippen LogP contribution in [0.3, 0.4) is 0 Å². The van der Waals surface area contributed by atoms with Crippen LogP contribution < -0.4 is 0 Å². The monoisotopic (exact) mass is 303 g/mol. The Labute approximate surface area is 134 Å². The Morgan fingerprint density at radius 1 is 1.09 bits per heavy atom. The predicted octanol–water partition coefficient (Wildman–Crippen LogP) is 3.73. The van der Waals surface area contributed by atoms with Crippen molar-refractivity contribution in [1.82, 2.24) is 4.90 Å². The van der Waals surface area contributed by atoms with Gasteiger partial charge in [0.1, 0.15) is 6.04 Å². The highest BCUT2D eigenvalue weighted by molar-refractivity contribution is 5.76. The third kappa shape index (κ3) is 3.19. The lowest BCUT2D eigenvalue weighted by molar-refractivity contribution is -0.157. The fraction of sp³-hybridized carbons (Fsp3) is 0.632. The molecule has 0 amide bonds. The molecule has 1 aliphatic heterocycles. The normalized spacial score (nSPS) is 32.7. The smallest absolute Gasteiger partial charge is 0.323 e. The van der Waals surface area contributed by atoms with Gasteiger partial charge in [0, 0.05) is 12.6 Å². The highest BCUT2D eigenvalue weighted by atomic mass is 16.5. The molecule has 122 valence electrons. The molecule has 0 saturated carbocycles. The first-order valence-corrected chi connectivity index (χ1v) is 8.38. The van der Waals surface area contributed by atoms with Gasteiger partial charge < -0.3 is 4.74 Å². The number of carbonyl (C=O) groups excluding carboxylic acids is 1. The van der Waals surface area contributed by atoms with E-state index in [1.807, 2.05) is 6.07 Å². The standard InChI is InChI=1S/C19H29NO2/c1-6-17-14(3)13(2)15(4)18(19(21)22-5)20(17)12-16-10-8-7-9-11-16/h7-11,13-15,17-18H,6,12H2,1-5H3/t13-,14+,15+,17+,18-/m1/s1. The van der Waals surface area contributed by atoms with Gasteiger partial charge >= 0.3 is 5.97 Å². The Balaban J connectivity index is 2.34. The minimum absolute atomic E-state index is 0.0966. The zero-order valence-electron chi connectivity index (χ0n) is 14.5. The van der Waals surface area contributed by atoms with E-state index in [1.165, 1.54) is 12.7 Å². The number of methoxy groups -OCH3 is 1. The van der Waals surface area contributed by atoms with Crippen molar-refractivity contribution in [3.05, 3.63) is 35.9 Å². The number of hydrogen-bond donors (Lipinski definition) is 0. The molecule has 0 bridgehead atoms. The van der Waals surface area contributed by atoms with Crippen LogP contribution >= 0.6 is 0 Å². The summed E-state index contributed by atoms with van der Waals surface area (Å²) in [5, 5.41) is 0. The minimum Gasteiger partial charge on any atom is -0.468 e. The summed E-state index contributed by atoms with van der Waals surface area (Å²) in [6, 6.07) is 10.7. The number of esters is 1. The van der Waals surface area contributed by atoms with Crippen molar-refractivity contribution in [3.8, 4) is 0 Å². The van der Waals surface area contributed by atoms with E-state index >= 15 is 0 Å². The van der Waals surface area contributed by atoms with E-state index < -0.39 is 0 Å². The van der Waals surface area contributed by atoms with Crippen molar-refractivity contribution in [2.45, 2.75) is 52.7 Å². The fourth-order valence-corrected chi connectivity index (χ4v) is 4.01. The van der Waals surface area contributed by atoms with Gasteiger partial charge in [0.25, 0.3) is 0 Å². The second-order valence-corrected chi connectivity index (χ2v) is 6.68. The molecule has 0 spiro atoms. The first kappa shape index (κ1) is 17.0. The third-order valence-corrected chi connectivity index (χ3v) is 5.62. The molecule has 0 N–H and O–H groups in total. The van der Waals surface area contributed by atoms with E-state index in [0.29, 0.717) is 23.8 Å². The summed E-state index contributed by atoms with van der Waals surface area (Å²) >= 11 is 0. The van der Waals surface area contributed by atoms with Gasteiger partial charge in [0.15, 0.2) is 0 Å². The van der Waals surface area contributed by atoms with Crippen LogP contribution in [0.2, 0.25) is 0 Å². The molecule has 0 aliphatic carbocycles. The molecule has 1 aliphatic rings. The van der Waals surface area contributed by atoms with Crippen molar-refractivity contribution in [3.63, 3.8) is 0 Å². The van der Waals surface area contributed by atoms with Crippen LogP contribution in [0.25, 0.3) is 0 Å². The van der Waals surface area contributed by atoms with Crippen LogP contribution in [-0.2, 0) is 16.1 Å². The topological polar surface area (TPSA) is 29.5 Å². The van der Waals surface area contributed by atoms with Crippen LogP contribution in [0, 0.1) is 17.8 Å². The molecule has 5 atom stereocenters. The van der Waals surface area contributed by atoms with Crippen molar-refractivity contribution in [1.29, 1.82) is 0 Å². The van der Waals surface area contributed by atoms with E-state index in [4.69, 9.17) is 4.74 Å². The molecule has 0 aromatic heterocycles. The number of ether oxygens (including phenoxy) is 1. The van der Waals surface area contributed by atoms with Crippen molar-refractivity contribution in [2.75, 3.05) is 7.11 Å². The summed E-state index contributed by atoms with van der Waals surface area (Å²) < 4.78 is 5.12. The van der Waals surface area contributed by atoms with Crippen molar-refractivity contribution in [2.24, 2.45) is 17.8 Å². The van der Waals surface area contributed by atoms with Crippen molar-refractivity contribution >= 4 is 5.97 Å². The van der Waals surface area contributed by atoms with E-state index in [9.17, 15) is 4.79 Å². The Morgan fingerprint density at radius 3 is 2.27 bits per heavy atom. The zero-order chi connectivity index (χ0) is 16.3. The molecule has 1 saturated heterocycles. The van der Waals surface area contributed by atoms with E-state index in [2.05, 4.69) is 56.9 Å². The van der Waals surface area contributed by atoms with Gasteiger partial charge in [-0.25, -0.2) is 0 Å². The number of benzene rings is 1. The zero-order valence-corrected chi connectivity index (χ0v) is 14.5. The number of nitrogens with zero attached hydrogens (tertiary/aromatic N) is 1. The molecular weight excluding hydrogens is 274 g/mol. The third-order valence-electron chi connectivity index (χ3n) is 5.62. The van der Waals surface area contributed by atoms with Crippen LogP contribution in [0.1, 0.15) is 39.7 Å². The molecule has 1 heterocycles. The Morgan fingerprint density at radius 2 is 1.73 bits per heavy atom. The highest BCUT2D eigenvalue weighted by Crippen LogP contribution is 2.39. The Hall–Kier alpha value is -1.35. The maximum atomic E-state index is 12.4. The van der Waals surface area contributed by atoms with Crippen LogP contribution in [0.15, 0.2) is 30.3 Å². The van der Waals surface area contributed by atoms with Crippen molar-refractivity contribution < 1.29 is 9.53 Å². The first-order chi connectivity index (χ1) is 10.5. The number of rotatable bonds is 4. The summed E-state index contributed by atoms with van der Waals surface area (Å²) in [5.41, 5.74) is 1.25. The predicted molar refractivity (Wildman–Crippen MR) is 89.4 cm³/mol. The average Bonchev–Trinajstić information content (AvgIpc) is 2.54. The molecule has 1 aromatic rings. The maximum Gasteiger partial charge on any atom is 0.323 e. The Bertz CT molecular complexity index is 487. The fourth-order valence-electron chi connectivity index (χ4n) is 4.01. The lowest BCUT2D eigenvalue weighted by Crippen LogP contribution is -2.59. The lowest BCUT2D eigenvalue weighted by Gasteiger charge is -2.50. The minimum atomic E-state index is -0.152. The van der Waals surface area contributed by atoms with Gasteiger partial charge in [-0.15, -0.1) is 0 Å². The number of carbonyl (C=O) groups is 1. The first-order valence-electron chi connectivity index (χ1n) is 8.38. The molecule has 3 nitrogen and oxygen atoms in total. The maximum absolute atomic E-state index is 12.4. The summed E-state index contributed by atoms with van der Waals surface area (Å²) in [7, 11) is 1.50. The Kier molecular flexibility index (Phi) is 5.63.